The normalized spacial score (nSPS) is 23.5. The zero-order chi connectivity index (χ0) is 10.0. The lowest BCUT2D eigenvalue weighted by atomic mass is 9.97. The molecule has 1 atom stereocenters. The quantitative estimate of drug-likeness (QED) is 0.502. The minimum atomic E-state index is -1.25. The molecule has 0 aromatic rings. The fourth-order valence-electron chi connectivity index (χ4n) is 1.30. The number of esters is 2. The summed E-state index contributed by atoms with van der Waals surface area (Å²) in [5, 5.41) is 9.37. The van der Waals surface area contributed by atoms with Crippen LogP contribution in [0.4, 0.5) is 0 Å². The molecule has 72 valence electrons. The fraction of sp³-hybridized carbons (Fsp3) is 0.556. The summed E-state index contributed by atoms with van der Waals surface area (Å²) in [5.41, 5.74) is 0.845. The van der Waals surface area contributed by atoms with Crippen molar-refractivity contribution in [3.05, 3.63) is 11.1 Å². The highest BCUT2D eigenvalue weighted by Crippen LogP contribution is 2.22. The molecule has 0 saturated carbocycles. The number of cyclic esters (lactones) is 2. The first-order chi connectivity index (χ1) is 6.07. The molecule has 0 unspecified atom stereocenters. The third-order valence-corrected chi connectivity index (χ3v) is 2.05. The van der Waals surface area contributed by atoms with Crippen LogP contribution in [0, 0.1) is 0 Å². The van der Waals surface area contributed by atoms with E-state index in [4.69, 9.17) is 0 Å². The summed E-state index contributed by atoms with van der Waals surface area (Å²) in [6.45, 7) is 3.47. The maximum atomic E-state index is 11.0. The van der Waals surface area contributed by atoms with Gasteiger partial charge in [0, 0.05) is 5.57 Å². The number of ether oxygens (including phenoxy) is 1. The highest BCUT2D eigenvalue weighted by Gasteiger charge is 2.32. The van der Waals surface area contributed by atoms with Gasteiger partial charge in [-0.05, 0) is 18.9 Å². The van der Waals surface area contributed by atoms with Crippen molar-refractivity contribution in [1.82, 2.24) is 0 Å². The number of hydrogen-bond donors (Lipinski definition) is 1. The Balaban J connectivity index is 3.00. The highest BCUT2D eigenvalue weighted by molar-refractivity contribution is 6.02. The molecule has 1 aliphatic heterocycles. The molecule has 0 amide bonds. The van der Waals surface area contributed by atoms with E-state index in [2.05, 4.69) is 4.74 Å². The molecular weight excluding hydrogens is 172 g/mol. The van der Waals surface area contributed by atoms with Crippen LogP contribution in [-0.4, -0.2) is 23.1 Å². The fourth-order valence-corrected chi connectivity index (χ4v) is 1.30. The molecule has 0 spiro atoms. The molecule has 0 aromatic carbocycles. The van der Waals surface area contributed by atoms with Crippen molar-refractivity contribution < 1.29 is 19.4 Å². The summed E-state index contributed by atoms with van der Waals surface area (Å²) in [4.78, 5) is 21.9. The van der Waals surface area contributed by atoms with Crippen molar-refractivity contribution in [1.29, 1.82) is 0 Å². The molecule has 0 radical (unpaired) electrons. The van der Waals surface area contributed by atoms with Crippen LogP contribution in [0.5, 0.6) is 0 Å². The van der Waals surface area contributed by atoms with Gasteiger partial charge in [0.1, 0.15) is 0 Å². The van der Waals surface area contributed by atoms with Gasteiger partial charge in [-0.2, -0.15) is 0 Å². The van der Waals surface area contributed by atoms with Crippen molar-refractivity contribution in [3.63, 3.8) is 0 Å². The van der Waals surface area contributed by atoms with E-state index >= 15 is 0 Å². The molecule has 1 rings (SSSR count). The van der Waals surface area contributed by atoms with Gasteiger partial charge < -0.3 is 9.84 Å². The van der Waals surface area contributed by atoms with Crippen LogP contribution in [0.15, 0.2) is 11.1 Å². The van der Waals surface area contributed by atoms with Gasteiger partial charge in [-0.1, -0.05) is 13.3 Å². The van der Waals surface area contributed by atoms with Crippen molar-refractivity contribution in [2.24, 2.45) is 0 Å². The highest BCUT2D eigenvalue weighted by atomic mass is 16.6. The van der Waals surface area contributed by atoms with Crippen molar-refractivity contribution in [2.45, 2.75) is 32.8 Å². The first kappa shape index (κ1) is 9.92. The predicted molar refractivity (Wildman–Crippen MR) is 44.7 cm³/mol. The molecule has 4 nitrogen and oxygen atoms in total. The Morgan fingerprint density at radius 1 is 1.46 bits per heavy atom. The van der Waals surface area contributed by atoms with Crippen LogP contribution < -0.4 is 0 Å². The van der Waals surface area contributed by atoms with E-state index in [-0.39, 0.29) is 0 Å². The average Bonchev–Trinajstić information content (AvgIpc) is 2.09. The van der Waals surface area contributed by atoms with Crippen molar-refractivity contribution >= 4 is 11.9 Å². The lowest BCUT2D eigenvalue weighted by Gasteiger charge is -2.20. The maximum absolute atomic E-state index is 11.0. The first-order valence-corrected chi connectivity index (χ1v) is 4.21. The summed E-state index contributed by atoms with van der Waals surface area (Å²) in [6.07, 6.45) is 0.0793. The van der Waals surface area contributed by atoms with Gasteiger partial charge in [0.15, 0.2) is 6.10 Å². The van der Waals surface area contributed by atoms with Gasteiger partial charge >= 0.3 is 11.9 Å². The summed E-state index contributed by atoms with van der Waals surface area (Å²) in [7, 11) is 0. The van der Waals surface area contributed by atoms with E-state index in [9.17, 15) is 14.7 Å². The third-order valence-electron chi connectivity index (χ3n) is 2.05. The molecule has 1 aliphatic rings. The molecule has 1 heterocycles. The van der Waals surface area contributed by atoms with E-state index in [0.717, 1.165) is 6.42 Å². The van der Waals surface area contributed by atoms with Gasteiger partial charge in [-0.25, -0.2) is 9.59 Å². The summed E-state index contributed by atoms with van der Waals surface area (Å²) >= 11 is 0. The monoisotopic (exact) mass is 184 g/mol. The molecule has 0 aliphatic carbocycles. The van der Waals surface area contributed by atoms with Gasteiger partial charge in [0.25, 0.3) is 0 Å². The minimum Gasteiger partial charge on any atom is -0.387 e. The third kappa shape index (κ3) is 1.78. The Hall–Kier alpha value is -1.16. The van der Waals surface area contributed by atoms with Crippen LogP contribution in [0.1, 0.15) is 26.7 Å². The standard InChI is InChI=1S/C9H12O4/c1-3-4-6-5(2)8(11)13-9(12)7(6)10/h7,10H,3-4H2,1-2H3/t7-/m0/s1. The Kier molecular flexibility index (Phi) is 2.83. The van der Waals surface area contributed by atoms with Gasteiger partial charge in [0.2, 0.25) is 0 Å². The van der Waals surface area contributed by atoms with E-state index in [0.29, 0.717) is 17.6 Å². The zero-order valence-electron chi connectivity index (χ0n) is 7.66. The SMILES string of the molecule is CCCC1=C(C)C(=O)OC(=O)[C@H]1O. The van der Waals surface area contributed by atoms with E-state index in [1.807, 2.05) is 6.92 Å². The van der Waals surface area contributed by atoms with E-state index < -0.39 is 18.0 Å². The van der Waals surface area contributed by atoms with Gasteiger partial charge in [-0.3, -0.25) is 0 Å². The number of aliphatic hydroxyl groups is 1. The van der Waals surface area contributed by atoms with Crippen molar-refractivity contribution in [3.8, 4) is 0 Å². The number of rotatable bonds is 2. The molecular formula is C9H12O4. The van der Waals surface area contributed by atoms with Crippen LogP contribution in [0.2, 0.25) is 0 Å². The van der Waals surface area contributed by atoms with Gasteiger partial charge in [0.05, 0.1) is 0 Å². The van der Waals surface area contributed by atoms with E-state index in [1.165, 1.54) is 0 Å². The molecule has 0 aromatic heterocycles. The van der Waals surface area contributed by atoms with Gasteiger partial charge in [-0.15, -0.1) is 0 Å². The average molecular weight is 184 g/mol. The Morgan fingerprint density at radius 3 is 2.62 bits per heavy atom. The first-order valence-electron chi connectivity index (χ1n) is 4.21. The molecule has 0 bridgehead atoms. The lowest BCUT2D eigenvalue weighted by Crippen LogP contribution is -2.34. The molecule has 4 heteroatoms. The molecule has 13 heavy (non-hydrogen) atoms. The molecule has 0 saturated heterocycles. The Bertz CT molecular complexity index is 277. The molecule has 0 fully saturated rings. The van der Waals surface area contributed by atoms with Crippen LogP contribution in [0.3, 0.4) is 0 Å². The van der Waals surface area contributed by atoms with Crippen LogP contribution >= 0.6 is 0 Å². The second-order valence-electron chi connectivity index (χ2n) is 3.01. The zero-order valence-corrected chi connectivity index (χ0v) is 7.66. The minimum absolute atomic E-state index is 0.356. The summed E-state index contributed by atoms with van der Waals surface area (Å²) in [5.74, 6) is -1.50. The maximum Gasteiger partial charge on any atom is 0.347 e. The summed E-state index contributed by atoms with van der Waals surface area (Å²) in [6, 6.07) is 0. The number of carbonyl (C=O) groups is 2. The van der Waals surface area contributed by atoms with Crippen LogP contribution in [-0.2, 0) is 14.3 Å². The lowest BCUT2D eigenvalue weighted by molar-refractivity contribution is -0.164. The topological polar surface area (TPSA) is 63.6 Å². The smallest absolute Gasteiger partial charge is 0.347 e. The van der Waals surface area contributed by atoms with E-state index in [1.54, 1.807) is 6.92 Å². The largest absolute Gasteiger partial charge is 0.387 e. The Labute approximate surface area is 76.2 Å². The van der Waals surface area contributed by atoms with Crippen LogP contribution in [0.25, 0.3) is 0 Å². The summed E-state index contributed by atoms with van der Waals surface area (Å²) < 4.78 is 4.30. The number of hydrogen-bond acceptors (Lipinski definition) is 4. The van der Waals surface area contributed by atoms with Crippen molar-refractivity contribution in [2.75, 3.05) is 0 Å². The number of aliphatic hydroxyl groups excluding tert-OH is 1. The second kappa shape index (κ2) is 3.70. The second-order valence-corrected chi connectivity index (χ2v) is 3.01. The Morgan fingerprint density at radius 2 is 2.08 bits per heavy atom. The number of carbonyl (C=O) groups excluding carboxylic acids is 2. The molecule has 1 N–H and O–H groups in total. The predicted octanol–water partition coefficient (Wildman–Crippen LogP) is 0.547.